The Morgan fingerprint density at radius 3 is 2.65 bits per heavy atom. The van der Waals surface area contributed by atoms with Gasteiger partial charge in [-0.1, -0.05) is 6.07 Å². The van der Waals surface area contributed by atoms with Crippen molar-refractivity contribution in [3.63, 3.8) is 0 Å². The number of carbonyl (C=O) groups is 1. The minimum atomic E-state index is -0.181. The second kappa shape index (κ2) is 6.72. The fourth-order valence-corrected chi connectivity index (χ4v) is 2.74. The molecule has 1 amide bonds. The zero-order valence-corrected chi connectivity index (χ0v) is 14.1. The Bertz CT molecular complexity index is 1060. The molecule has 4 heterocycles. The summed E-state index contributed by atoms with van der Waals surface area (Å²) in [5.41, 5.74) is 3.64. The Balaban J connectivity index is 1.72. The largest absolute Gasteiger partial charge is 0.348 e. The molecule has 0 aliphatic rings. The zero-order valence-electron chi connectivity index (χ0n) is 14.1. The molecular formula is C19H16N6O. The Hall–Kier alpha value is -3.61. The van der Waals surface area contributed by atoms with E-state index in [0.29, 0.717) is 28.8 Å². The average Bonchev–Trinajstić information content (AvgIpc) is 3.08. The van der Waals surface area contributed by atoms with Gasteiger partial charge >= 0.3 is 0 Å². The summed E-state index contributed by atoms with van der Waals surface area (Å²) in [5.74, 6) is -0.181. The molecule has 26 heavy (non-hydrogen) atoms. The van der Waals surface area contributed by atoms with Crippen LogP contribution in [0.2, 0.25) is 0 Å². The third-order valence-electron chi connectivity index (χ3n) is 4.08. The van der Waals surface area contributed by atoms with Gasteiger partial charge in [0.25, 0.3) is 5.91 Å². The predicted molar refractivity (Wildman–Crippen MR) is 97.1 cm³/mol. The van der Waals surface area contributed by atoms with Crippen LogP contribution in [-0.2, 0) is 13.6 Å². The first-order valence-electron chi connectivity index (χ1n) is 8.12. The van der Waals surface area contributed by atoms with E-state index in [9.17, 15) is 4.79 Å². The molecule has 7 heteroatoms. The number of pyridine rings is 3. The molecule has 4 aromatic rings. The number of hydrogen-bond donors (Lipinski definition) is 1. The van der Waals surface area contributed by atoms with Crippen molar-refractivity contribution in [2.45, 2.75) is 6.54 Å². The molecule has 0 aromatic carbocycles. The first-order chi connectivity index (χ1) is 12.7. The molecule has 0 spiro atoms. The van der Waals surface area contributed by atoms with E-state index < -0.39 is 0 Å². The van der Waals surface area contributed by atoms with Gasteiger partial charge in [0.05, 0.1) is 22.8 Å². The number of carbonyl (C=O) groups excluding carboxylic acids is 1. The first kappa shape index (κ1) is 15.9. The van der Waals surface area contributed by atoms with Gasteiger partial charge in [-0.25, -0.2) is 4.98 Å². The SMILES string of the molecule is Cn1ncc2c(C(=O)NCc3cccnc3)cc(-c3cccnc3)nc21. The number of fused-ring (bicyclic) bond motifs is 1. The lowest BCUT2D eigenvalue weighted by Crippen LogP contribution is -2.23. The maximum Gasteiger partial charge on any atom is 0.252 e. The molecule has 4 rings (SSSR count). The van der Waals surface area contributed by atoms with Crippen molar-refractivity contribution < 1.29 is 4.79 Å². The van der Waals surface area contributed by atoms with Crippen molar-refractivity contribution in [2.75, 3.05) is 0 Å². The van der Waals surface area contributed by atoms with Crippen molar-refractivity contribution >= 4 is 16.9 Å². The van der Waals surface area contributed by atoms with E-state index in [0.717, 1.165) is 11.1 Å². The van der Waals surface area contributed by atoms with Gasteiger partial charge in [-0.2, -0.15) is 5.10 Å². The molecule has 0 saturated heterocycles. The van der Waals surface area contributed by atoms with Crippen LogP contribution in [0, 0.1) is 0 Å². The Labute approximate surface area is 149 Å². The standard InChI is InChI=1S/C19H16N6O/c1-25-18-16(12-23-25)15(8-17(24-18)14-5-3-7-21-11-14)19(26)22-10-13-4-2-6-20-9-13/h2-9,11-12H,10H2,1H3,(H,22,26). The highest BCUT2D eigenvalue weighted by molar-refractivity contribution is 6.06. The van der Waals surface area contributed by atoms with Crippen LogP contribution in [0.4, 0.5) is 0 Å². The number of hydrogen-bond acceptors (Lipinski definition) is 5. The normalized spacial score (nSPS) is 10.8. The fourth-order valence-electron chi connectivity index (χ4n) is 2.74. The van der Waals surface area contributed by atoms with Gasteiger partial charge in [-0.3, -0.25) is 19.4 Å². The molecule has 0 unspecified atom stereocenters. The number of amides is 1. The third kappa shape index (κ3) is 3.02. The van der Waals surface area contributed by atoms with E-state index in [-0.39, 0.29) is 5.91 Å². The Morgan fingerprint density at radius 1 is 1.12 bits per heavy atom. The number of aromatic nitrogens is 5. The Morgan fingerprint density at radius 2 is 1.92 bits per heavy atom. The fraction of sp³-hybridized carbons (Fsp3) is 0.105. The highest BCUT2D eigenvalue weighted by Crippen LogP contribution is 2.24. The van der Waals surface area contributed by atoms with Crippen LogP contribution in [0.15, 0.2) is 61.3 Å². The van der Waals surface area contributed by atoms with Crippen molar-refractivity contribution in [2.24, 2.45) is 7.05 Å². The highest BCUT2D eigenvalue weighted by Gasteiger charge is 2.16. The molecule has 0 radical (unpaired) electrons. The summed E-state index contributed by atoms with van der Waals surface area (Å²) < 4.78 is 1.66. The third-order valence-corrected chi connectivity index (χ3v) is 4.08. The molecule has 0 saturated carbocycles. The van der Waals surface area contributed by atoms with E-state index in [1.807, 2.05) is 24.3 Å². The van der Waals surface area contributed by atoms with Gasteiger partial charge in [-0.15, -0.1) is 0 Å². The summed E-state index contributed by atoms with van der Waals surface area (Å²) in [5, 5.41) is 7.89. The van der Waals surface area contributed by atoms with E-state index in [2.05, 4.69) is 25.4 Å². The number of aryl methyl sites for hydroxylation is 1. The minimum Gasteiger partial charge on any atom is -0.348 e. The lowest BCUT2D eigenvalue weighted by molar-refractivity contribution is 0.0952. The summed E-state index contributed by atoms with van der Waals surface area (Å²) in [7, 11) is 1.81. The van der Waals surface area contributed by atoms with Gasteiger partial charge in [0, 0.05) is 43.9 Å². The van der Waals surface area contributed by atoms with Crippen molar-refractivity contribution in [1.82, 2.24) is 30.0 Å². The number of nitrogens with one attached hydrogen (secondary N) is 1. The lowest BCUT2D eigenvalue weighted by atomic mass is 10.1. The monoisotopic (exact) mass is 344 g/mol. The van der Waals surface area contributed by atoms with Crippen LogP contribution in [-0.4, -0.2) is 30.6 Å². The van der Waals surface area contributed by atoms with Crippen LogP contribution in [0.5, 0.6) is 0 Å². The van der Waals surface area contributed by atoms with Crippen molar-refractivity contribution in [3.8, 4) is 11.3 Å². The van der Waals surface area contributed by atoms with Crippen LogP contribution in [0.25, 0.3) is 22.3 Å². The second-order valence-electron chi connectivity index (χ2n) is 5.85. The lowest BCUT2D eigenvalue weighted by Gasteiger charge is -2.09. The van der Waals surface area contributed by atoms with Crippen LogP contribution >= 0.6 is 0 Å². The molecule has 7 nitrogen and oxygen atoms in total. The molecule has 0 aliphatic carbocycles. The molecule has 4 aromatic heterocycles. The predicted octanol–water partition coefficient (Wildman–Crippen LogP) is 2.36. The number of rotatable bonds is 4. The van der Waals surface area contributed by atoms with Gasteiger partial charge < -0.3 is 5.32 Å². The molecule has 0 fully saturated rings. The molecule has 0 atom stereocenters. The molecule has 128 valence electrons. The van der Waals surface area contributed by atoms with E-state index in [1.54, 1.807) is 48.8 Å². The van der Waals surface area contributed by atoms with E-state index in [1.165, 1.54) is 0 Å². The highest BCUT2D eigenvalue weighted by atomic mass is 16.1. The van der Waals surface area contributed by atoms with Gasteiger partial charge in [0.2, 0.25) is 0 Å². The summed E-state index contributed by atoms with van der Waals surface area (Å²) in [4.78, 5) is 25.6. The average molecular weight is 344 g/mol. The molecule has 0 aliphatic heterocycles. The van der Waals surface area contributed by atoms with Gasteiger partial charge in [0.1, 0.15) is 0 Å². The maximum absolute atomic E-state index is 12.8. The summed E-state index contributed by atoms with van der Waals surface area (Å²) >= 11 is 0. The quantitative estimate of drug-likeness (QED) is 0.614. The van der Waals surface area contributed by atoms with E-state index in [4.69, 9.17) is 0 Å². The minimum absolute atomic E-state index is 0.181. The smallest absolute Gasteiger partial charge is 0.252 e. The zero-order chi connectivity index (χ0) is 17.9. The van der Waals surface area contributed by atoms with Crippen LogP contribution < -0.4 is 5.32 Å². The van der Waals surface area contributed by atoms with Gasteiger partial charge in [-0.05, 0) is 29.8 Å². The second-order valence-corrected chi connectivity index (χ2v) is 5.85. The van der Waals surface area contributed by atoms with Crippen LogP contribution in [0.1, 0.15) is 15.9 Å². The number of nitrogens with zero attached hydrogens (tertiary/aromatic N) is 5. The molecular weight excluding hydrogens is 328 g/mol. The molecule has 0 bridgehead atoms. The summed E-state index contributed by atoms with van der Waals surface area (Å²) in [6, 6.07) is 9.29. The summed E-state index contributed by atoms with van der Waals surface area (Å²) in [6.45, 7) is 0.402. The topological polar surface area (TPSA) is 85.6 Å². The Kier molecular flexibility index (Phi) is 4.10. The van der Waals surface area contributed by atoms with Crippen molar-refractivity contribution in [3.05, 3.63) is 72.4 Å². The maximum atomic E-state index is 12.8. The van der Waals surface area contributed by atoms with Crippen LogP contribution in [0.3, 0.4) is 0 Å². The van der Waals surface area contributed by atoms with Gasteiger partial charge in [0.15, 0.2) is 5.65 Å². The first-order valence-corrected chi connectivity index (χ1v) is 8.12. The van der Waals surface area contributed by atoms with Crippen molar-refractivity contribution in [1.29, 1.82) is 0 Å². The van der Waals surface area contributed by atoms with E-state index >= 15 is 0 Å². The summed E-state index contributed by atoms with van der Waals surface area (Å²) in [6.07, 6.45) is 8.52. The molecule has 1 N–H and O–H groups in total.